The number of aromatic nitrogens is 1. The lowest BCUT2D eigenvalue weighted by Gasteiger charge is -2.13. The Morgan fingerprint density at radius 2 is 1.70 bits per heavy atom. The van der Waals surface area contributed by atoms with Crippen LogP contribution in [0.5, 0.6) is 5.75 Å². The van der Waals surface area contributed by atoms with Crippen molar-refractivity contribution < 1.29 is 18.8 Å². The molecule has 0 bridgehead atoms. The van der Waals surface area contributed by atoms with Crippen molar-refractivity contribution in [1.29, 1.82) is 0 Å². The van der Waals surface area contributed by atoms with Crippen LogP contribution < -0.4 is 15.4 Å². The van der Waals surface area contributed by atoms with Crippen molar-refractivity contribution in [3.8, 4) is 5.75 Å². The molecule has 0 unspecified atom stereocenters. The van der Waals surface area contributed by atoms with Crippen LogP contribution in [-0.4, -0.2) is 23.5 Å². The average Bonchev–Trinajstić information content (AvgIpc) is 3.05. The van der Waals surface area contributed by atoms with Crippen LogP contribution in [0.2, 0.25) is 0 Å². The summed E-state index contributed by atoms with van der Waals surface area (Å²) in [7, 11) is 0. The van der Waals surface area contributed by atoms with Gasteiger partial charge in [-0.25, -0.2) is 0 Å². The van der Waals surface area contributed by atoms with Crippen LogP contribution in [0.3, 0.4) is 0 Å². The van der Waals surface area contributed by atoms with E-state index in [0.29, 0.717) is 17.1 Å². The number of carbonyl (C=O) groups excluding carboxylic acids is 2. The molecule has 1 heterocycles. The third-order valence-electron chi connectivity index (χ3n) is 4.84. The smallest absolute Gasteiger partial charge is 0.255 e. The number of ether oxygens (including phenoxy) is 1. The summed E-state index contributed by atoms with van der Waals surface area (Å²) in [5, 5.41) is 9.41. The third kappa shape index (κ3) is 4.86. The lowest BCUT2D eigenvalue weighted by atomic mass is 10.1. The minimum Gasteiger partial charge on any atom is -0.488 e. The number of carbonyl (C=O) groups is 2. The zero-order valence-corrected chi connectivity index (χ0v) is 17.5. The maximum Gasteiger partial charge on any atom is 0.255 e. The first kappa shape index (κ1) is 21.1. The van der Waals surface area contributed by atoms with Crippen molar-refractivity contribution in [2.45, 2.75) is 34.3 Å². The van der Waals surface area contributed by atoms with Gasteiger partial charge in [0.1, 0.15) is 18.1 Å². The summed E-state index contributed by atoms with van der Waals surface area (Å²) in [5.41, 5.74) is 4.64. The molecule has 2 aromatic carbocycles. The molecule has 0 saturated carbocycles. The van der Waals surface area contributed by atoms with Crippen molar-refractivity contribution in [3.05, 3.63) is 76.2 Å². The quantitative estimate of drug-likeness (QED) is 0.620. The summed E-state index contributed by atoms with van der Waals surface area (Å²) in [6.45, 7) is 7.58. The van der Waals surface area contributed by atoms with Gasteiger partial charge in [-0.15, -0.1) is 0 Å². The van der Waals surface area contributed by atoms with Crippen LogP contribution in [0.15, 0.2) is 47.0 Å². The number of hydrogen-bond acceptors (Lipinski definition) is 5. The Hall–Kier alpha value is -3.61. The van der Waals surface area contributed by atoms with E-state index in [2.05, 4.69) is 15.8 Å². The van der Waals surface area contributed by atoms with Crippen LogP contribution in [0.4, 0.5) is 5.69 Å². The van der Waals surface area contributed by atoms with Gasteiger partial charge in [0, 0.05) is 5.69 Å². The highest BCUT2D eigenvalue weighted by molar-refractivity contribution is 6.01. The van der Waals surface area contributed by atoms with Crippen LogP contribution in [0, 0.1) is 27.7 Å². The molecule has 0 fully saturated rings. The van der Waals surface area contributed by atoms with Crippen LogP contribution >= 0.6 is 0 Å². The molecule has 0 radical (unpaired) electrons. The van der Waals surface area contributed by atoms with Crippen molar-refractivity contribution in [1.82, 2.24) is 10.5 Å². The normalized spacial score (nSPS) is 10.5. The summed E-state index contributed by atoms with van der Waals surface area (Å²) in [4.78, 5) is 25.0. The Kier molecular flexibility index (Phi) is 6.51. The van der Waals surface area contributed by atoms with E-state index >= 15 is 0 Å². The summed E-state index contributed by atoms with van der Waals surface area (Å²) in [5.74, 6) is 0.415. The van der Waals surface area contributed by atoms with E-state index in [-0.39, 0.29) is 25.0 Å². The lowest BCUT2D eigenvalue weighted by molar-refractivity contribution is -0.115. The van der Waals surface area contributed by atoms with E-state index in [9.17, 15) is 9.59 Å². The Bertz CT molecular complexity index is 1030. The minimum absolute atomic E-state index is 0.148. The number of nitrogens with one attached hydrogen (secondary N) is 2. The van der Waals surface area contributed by atoms with E-state index in [0.717, 1.165) is 28.1 Å². The number of amides is 2. The van der Waals surface area contributed by atoms with Crippen LogP contribution in [0.1, 0.15) is 38.5 Å². The Morgan fingerprint density at radius 3 is 2.37 bits per heavy atom. The topological polar surface area (TPSA) is 93.5 Å². The van der Waals surface area contributed by atoms with Crippen LogP contribution in [0.25, 0.3) is 0 Å². The van der Waals surface area contributed by atoms with E-state index in [4.69, 9.17) is 9.26 Å². The molecule has 0 aliphatic carbocycles. The molecular weight excluding hydrogens is 382 g/mol. The zero-order chi connectivity index (χ0) is 21.7. The molecular formula is C23H25N3O4. The van der Waals surface area contributed by atoms with E-state index in [1.807, 2.05) is 45.9 Å². The largest absolute Gasteiger partial charge is 0.488 e. The van der Waals surface area contributed by atoms with Crippen molar-refractivity contribution in [3.63, 3.8) is 0 Å². The zero-order valence-electron chi connectivity index (χ0n) is 17.5. The highest BCUT2D eigenvalue weighted by Gasteiger charge is 2.16. The molecule has 3 aromatic rings. The summed E-state index contributed by atoms with van der Waals surface area (Å²) < 4.78 is 11.0. The fraction of sp³-hybridized carbons (Fsp3) is 0.261. The predicted molar refractivity (Wildman–Crippen MR) is 114 cm³/mol. The molecule has 7 heteroatoms. The first-order valence-corrected chi connectivity index (χ1v) is 9.64. The van der Waals surface area contributed by atoms with Crippen molar-refractivity contribution in [2.24, 2.45) is 0 Å². The number of nitrogens with zero attached hydrogens (tertiary/aromatic N) is 1. The van der Waals surface area contributed by atoms with Gasteiger partial charge in [-0.05, 0) is 51.0 Å². The molecule has 0 aliphatic heterocycles. The van der Waals surface area contributed by atoms with Crippen molar-refractivity contribution in [2.75, 3.05) is 11.9 Å². The molecule has 156 valence electrons. The molecule has 0 spiro atoms. The maximum absolute atomic E-state index is 12.6. The highest BCUT2D eigenvalue weighted by atomic mass is 16.5. The average molecular weight is 407 g/mol. The fourth-order valence-corrected chi connectivity index (χ4v) is 3.09. The van der Waals surface area contributed by atoms with Gasteiger partial charge in [-0.1, -0.05) is 35.5 Å². The Balaban J connectivity index is 1.62. The molecule has 0 aliphatic rings. The monoisotopic (exact) mass is 407 g/mol. The predicted octanol–water partition coefficient (Wildman–Crippen LogP) is 3.86. The highest BCUT2D eigenvalue weighted by Crippen LogP contribution is 2.22. The summed E-state index contributed by atoms with van der Waals surface area (Å²) in [6, 6.07) is 12.7. The molecule has 2 amide bonds. The number of aryl methyl sites for hydroxylation is 4. The lowest BCUT2D eigenvalue weighted by Crippen LogP contribution is -2.33. The fourth-order valence-electron chi connectivity index (χ4n) is 3.09. The Labute approximate surface area is 175 Å². The van der Waals surface area contributed by atoms with E-state index < -0.39 is 0 Å². The first-order valence-electron chi connectivity index (χ1n) is 9.64. The minimum atomic E-state index is -0.388. The van der Waals surface area contributed by atoms with Gasteiger partial charge in [-0.3, -0.25) is 9.59 Å². The number of rotatable bonds is 7. The number of hydrogen-bond donors (Lipinski definition) is 2. The van der Waals surface area contributed by atoms with Gasteiger partial charge in [-0.2, -0.15) is 0 Å². The number of benzene rings is 2. The van der Waals surface area contributed by atoms with Crippen molar-refractivity contribution >= 4 is 17.5 Å². The maximum atomic E-state index is 12.6. The summed E-state index contributed by atoms with van der Waals surface area (Å²) in [6.07, 6.45) is 0. The molecule has 2 N–H and O–H groups in total. The molecule has 7 nitrogen and oxygen atoms in total. The Morgan fingerprint density at radius 1 is 1.00 bits per heavy atom. The first-order chi connectivity index (χ1) is 14.4. The van der Waals surface area contributed by atoms with Gasteiger partial charge >= 0.3 is 0 Å². The van der Waals surface area contributed by atoms with Gasteiger partial charge in [0.25, 0.3) is 5.91 Å². The van der Waals surface area contributed by atoms with Gasteiger partial charge in [0.05, 0.1) is 23.4 Å². The number of anilines is 1. The van der Waals surface area contributed by atoms with E-state index in [1.54, 1.807) is 24.3 Å². The SMILES string of the molecule is Cc1cccc(C)c1NC(=O)CNC(=O)c1ccccc1OCc1c(C)noc1C. The second-order valence-corrected chi connectivity index (χ2v) is 7.09. The number of para-hydroxylation sites is 2. The van der Waals surface area contributed by atoms with E-state index in [1.165, 1.54) is 0 Å². The second-order valence-electron chi connectivity index (χ2n) is 7.09. The standard InChI is InChI=1S/C23H25N3O4/c1-14-8-7-9-15(2)22(14)25-21(27)12-24-23(28)18-10-5-6-11-20(18)29-13-19-16(3)26-30-17(19)4/h5-11H,12-13H2,1-4H3,(H,24,28)(H,25,27). The summed E-state index contributed by atoms with van der Waals surface area (Å²) >= 11 is 0. The van der Waals surface area contributed by atoms with Crippen LogP contribution in [-0.2, 0) is 11.4 Å². The third-order valence-corrected chi connectivity index (χ3v) is 4.84. The van der Waals surface area contributed by atoms with Gasteiger partial charge < -0.3 is 19.9 Å². The molecule has 30 heavy (non-hydrogen) atoms. The molecule has 3 rings (SSSR count). The van der Waals surface area contributed by atoms with Gasteiger partial charge in [0.2, 0.25) is 5.91 Å². The second kappa shape index (κ2) is 9.26. The molecule has 0 saturated heterocycles. The van der Waals surface area contributed by atoms with Gasteiger partial charge in [0.15, 0.2) is 0 Å². The molecule has 0 atom stereocenters. The molecule has 1 aromatic heterocycles.